The van der Waals surface area contributed by atoms with Crippen LogP contribution in [0.4, 0.5) is 0 Å². The monoisotopic (exact) mass is 284 g/mol. The van der Waals surface area contributed by atoms with Crippen molar-refractivity contribution in [2.75, 3.05) is 0 Å². The van der Waals surface area contributed by atoms with Crippen LogP contribution >= 0.6 is 34.5 Å². The Morgan fingerprint density at radius 3 is 2.47 bits per heavy atom. The summed E-state index contributed by atoms with van der Waals surface area (Å²) in [6.45, 7) is 4.42. The molecule has 0 unspecified atom stereocenters. The quantitative estimate of drug-likeness (QED) is 0.656. The number of benzene rings is 1. The second-order valence-electron chi connectivity index (χ2n) is 4.48. The summed E-state index contributed by atoms with van der Waals surface area (Å²) in [5.41, 5.74) is 2.07. The Balaban J connectivity index is 2.40. The van der Waals surface area contributed by atoms with Crippen molar-refractivity contribution in [2.24, 2.45) is 5.92 Å². The summed E-state index contributed by atoms with van der Waals surface area (Å²) in [4.78, 5) is 1.32. The molecule has 0 atom stereocenters. The van der Waals surface area contributed by atoms with Crippen LogP contribution in [0.2, 0.25) is 9.36 Å². The molecule has 0 aliphatic rings. The Hall–Kier alpha value is -0.500. The molecule has 1 aromatic heterocycles. The van der Waals surface area contributed by atoms with Gasteiger partial charge in [0.15, 0.2) is 0 Å². The molecule has 0 spiro atoms. The van der Waals surface area contributed by atoms with Crippen molar-refractivity contribution in [3.63, 3.8) is 0 Å². The molecule has 2 aromatic rings. The van der Waals surface area contributed by atoms with Crippen LogP contribution in [-0.4, -0.2) is 0 Å². The molecule has 0 bridgehead atoms. The van der Waals surface area contributed by atoms with Gasteiger partial charge in [0, 0.05) is 21.0 Å². The van der Waals surface area contributed by atoms with Crippen molar-refractivity contribution < 1.29 is 0 Å². The van der Waals surface area contributed by atoms with Crippen LogP contribution in [0.1, 0.15) is 18.7 Å². The summed E-state index contributed by atoms with van der Waals surface area (Å²) in [6, 6.07) is 9.98. The van der Waals surface area contributed by atoms with E-state index in [-0.39, 0.29) is 0 Å². The van der Waals surface area contributed by atoms with Gasteiger partial charge in [-0.3, -0.25) is 0 Å². The van der Waals surface area contributed by atoms with Crippen molar-refractivity contribution in [1.29, 1.82) is 0 Å². The first-order chi connectivity index (χ1) is 8.08. The van der Waals surface area contributed by atoms with E-state index >= 15 is 0 Å². The first-order valence-electron chi connectivity index (χ1n) is 5.61. The number of thiophene rings is 1. The molecule has 1 heterocycles. The summed E-state index contributed by atoms with van der Waals surface area (Å²) >= 11 is 14.1. The van der Waals surface area contributed by atoms with Gasteiger partial charge in [0.25, 0.3) is 0 Å². The molecule has 0 amide bonds. The smallest absolute Gasteiger partial charge is 0.101 e. The molecule has 0 radical (unpaired) electrons. The molecule has 0 saturated carbocycles. The van der Waals surface area contributed by atoms with Gasteiger partial charge in [0.2, 0.25) is 0 Å². The van der Waals surface area contributed by atoms with Crippen molar-refractivity contribution in [2.45, 2.75) is 20.3 Å². The van der Waals surface area contributed by atoms with Gasteiger partial charge in [-0.1, -0.05) is 55.2 Å². The van der Waals surface area contributed by atoms with E-state index < -0.39 is 0 Å². The van der Waals surface area contributed by atoms with Gasteiger partial charge in [-0.2, -0.15) is 0 Å². The fourth-order valence-electron chi connectivity index (χ4n) is 1.78. The molecule has 0 saturated heterocycles. The third-order valence-corrected chi connectivity index (χ3v) is 4.22. The van der Waals surface area contributed by atoms with E-state index in [0.717, 1.165) is 26.9 Å². The van der Waals surface area contributed by atoms with Crippen LogP contribution in [0.15, 0.2) is 30.3 Å². The highest BCUT2D eigenvalue weighted by Gasteiger charge is 2.12. The van der Waals surface area contributed by atoms with Crippen LogP contribution in [0.3, 0.4) is 0 Å². The van der Waals surface area contributed by atoms with Crippen molar-refractivity contribution in [3.8, 4) is 11.1 Å². The van der Waals surface area contributed by atoms with Gasteiger partial charge in [-0.15, -0.1) is 11.3 Å². The van der Waals surface area contributed by atoms with E-state index in [1.54, 1.807) is 11.3 Å². The molecule has 0 fully saturated rings. The van der Waals surface area contributed by atoms with Crippen LogP contribution in [0.5, 0.6) is 0 Å². The van der Waals surface area contributed by atoms with Crippen molar-refractivity contribution >= 4 is 34.5 Å². The van der Waals surface area contributed by atoms with E-state index in [9.17, 15) is 0 Å². The van der Waals surface area contributed by atoms with Crippen LogP contribution in [0.25, 0.3) is 11.1 Å². The van der Waals surface area contributed by atoms with E-state index in [0.29, 0.717) is 5.92 Å². The van der Waals surface area contributed by atoms with Crippen molar-refractivity contribution in [3.05, 3.63) is 44.6 Å². The molecule has 0 nitrogen and oxygen atoms in total. The summed E-state index contributed by atoms with van der Waals surface area (Å²) in [7, 11) is 0. The second-order valence-corrected chi connectivity index (χ2v) is 6.62. The molecule has 2 rings (SSSR count). The lowest BCUT2D eigenvalue weighted by molar-refractivity contribution is 0.654. The third-order valence-electron chi connectivity index (χ3n) is 2.51. The minimum absolute atomic E-state index is 0.642. The van der Waals surface area contributed by atoms with Gasteiger partial charge in [-0.05, 0) is 24.5 Å². The lowest BCUT2D eigenvalue weighted by Gasteiger charge is -2.01. The van der Waals surface area contributed by atoms with E-state index in [2.05, 4.69) is 19.9 Å². The summed E-state index contributed by atoms with van der Waals surface area (Å²) in [6.07, 6.45) is 1.06. The molecule has 17 heavy (non-hydrogen) atoms. The maximum atomic E-state index is 6.29. The number of hydrogen-bond donors (Lipinski definition) is 0. The number of hydrogen-bond acceptors (Lipinski definition) is 1. The highest BCUT2D eigenvalue weighted by atomic mass is 35.5. The van der Waals surface area contributed by atoms with Gasteiger partial charge in [-0.25, -0.2) is 0 Å². The van der Waals surface area contributed by atoms with Crippen LogP contribution < -0.4 is 0 Å². The van der Waals surface area contributed by atoms with Gasteiger partial charge < -0.3 is 0 Å². The predicted molar refractivity (Wildman–Crippen MR) is 78.3 cm³/mol. The molecule has 0 N–H and O–H groups in total. The fraction of sp³-hybridized carbons (Fsp3) is 0.286. The zero-order valence-electron chi connectivity index (χ0n) is 9.84. The van der Waals surface area contributed by atoms with E-state index in [1.165, 1.54) is 4.88 Å². The molecular weight excluding hydrogens is 271 g/mol. The molecular formula is C14H14Cl2S. The highest BCUT2D eigenvalue weighted by molar-refractivity contribution is 7.16. The summed E-state index contributed by atoms with van der Waals surface area (Å²) in [5.74, 6) is 0.642. The van der Waals surface area contributed by atoms with Gasteiger partial charge >= 0.3 is 0 Å². The Bertz CT molecular complexity index is 515. The third kappa shape index (κ3) is 3.04. The largest absolute Gasteiger partial charge is 0.128 e. The Morgan fingerprint density at radius 2 is 1.82 bits per heavy atom. The molecule has 0 aliphatic heterocycles. The maximum absolute atomic E-state index is 6.29. The molecule has 1 aromatic carbocycles. The normalized spacial score (nSPS) is 11.1. The number of rotatable bonds is 3. The zero-order valence-corrected chi connectivity index (χ0v) is 12.2. The lowest BCUT2D eigenvalue weighted by atomic mass is 10.1. The zero-order chi connectivity index (χ0) is 12.4. The molecule has 3 heteroatoms. The predicted octanol–water partition coefficient (Wildman–Crippen LogP) is 5.92. The van der Waals surface area contributed by atoms with Crippen LogP contribution in [0, 0.1) is 5.92 Å². The summed E-state index contributed by atoms with van der Waals surface area (Å²) < 4.78 is 0.828. The summed E-state index contributed by atoms with van der Waals surface area (Å²) in [5, 5.41) is 0.753. The second kappa shape index (κ2) is 5.43. The fourth-order valence-corrected chi connectivity index (χ4v) is 3.58. The van der Waals surface area contributed by atoms with E-state index in [4.69, 9.17) is 23.2 Å². The Labute approximate surface area is 116 Å². The minimum Gasteiger partial charge on any atom is -0.128 e. The topological polar surface area (TPSA) is 0 Å². The number of halogens is 2. The van der Waals surface area contributed by atoms with Crippen LogP contribution in [-0.2, 0) is 6.42 Å². The standard InChI is InChI=1S/C14H14Cl2S/c1-9(2)7-10-8-12(14(16)17-10)11-5-3-4-6-13(11)15/h3-6,8-9H,7H2,1-2H3. The van der Waals surface area contributed by atoms with Gasteiger partial charge in [0.05, 0.1) is 0 Å². The Kier molecular flexibility index (Phi) is 4.13. The lowest BCUT2D eigenvalue weighted by Crippen LogP contribution is -1.89. The molecule has 0 aliphatic carbocycles. The Morgan fingerprint density at radius 1 is 1.12 bits per heavy atom. The van der Waals surface area contributed by atoms with E-state index in [1.807, 2.05) is 24.3 Å². The van der Waals surface area contributed by atoms with Gasteiger partial charge in [0.1, 0.15) is 4.34 Å². The average Bonchev–Trinajstić information content (AvgIpc) is 2.59. The minimum atomic E-state index is 0.642. The van der Waals surface area contributed by atoms with Crippen molar-refractivity contribution in [1.82, 2.24) is 0 Å². The maximum Gasteiger partial charge on any atom is 0.101 e. The first kappa shape index (κ1) is 12.9. The SMILES string of the molecule is CC(C)Cc1cc(-c2ccccc2Cl)c(Cl)s1. The highest BCUT2D eigenvalue weighted by Crippen LogP contribution is 2.39. The molecule has 90 valence electrons. The average molecular weight is 285 g/mol. The first-order valence-corrected chi connectivity index (χ1v) is 7.18.